The predicted molar refractivity (Wildman–Crippen MR) is 69.2 cm³/mol. The van der Waals surface area contributed by atoms with E-state index in [0.717, 1.165) is 0 Å². The van der Waals surface area contributed by atoms with Crippen molar-refractivity contribution >= 4 is 17.6 Å². The molecule has 3 N–H and O–H groups in total. The van der Waals surface area contributed by atoms with Gasteiger partial charge < -0.3 is 15.8 Å². The zero-order valence-electron chi connectivity index (χ0n) is 10.2. The molecule has 0 bridgehead atoms. The first-order valence-corrected chi connectivity index (χ1v) is 5.44. The van der Waals surface area contributed by atoms with Gasteiger partial charge in [-0.2, -0.15) is 0 Å². The topological polar surface area (TPSA) is 81.4 Å². The molecule has 1 amide bonds. The first-order valence-electron chi connectivity index (χ1n) is 5.44. The molecule has 96 valence electrons. The Bertz CT molecular complexity index is 457. The standard InChI is InChI=1S/C13H16N2O3/c1-3-6-10(14)12(16)15-11-8-5-4-7-9(11)13(17)18-2/h3-5,7-8,10H,1,6,14H2,2H3,(H,15,16). The lowest BCUT2D eigenvalue weighted by molar-refractivity contribution is -0.117. The number of para-hydroxylation sites is 1. The molecule has 1 rings (SSSR count). The Morgan fingerprint density at radius 2 is 2.17 bits per heavy atom. The van der Waals surface area contributed by atoms with Crippen LogP contribution in [0.5, 0.6) is 0 Å². The van der Waals surface area contributed by atoms with Crippen LogP contribution in [0.1, 0.15) is 16.8 Å². The second-order valence-electron chi connectivity index (χ2n) is 3.66. The summed E-state index contributed by atoms with van der Waals surface area (Å²) in [5.74, 6) is -0.880. The number of nitrogens with two attached hydrogens (primary N) is 1. The SMILES string of the molecule is C=CCC(N)C(=O)Nc1ccccc1C(=O)OC. The van der Waals surface area contributed by atoms with Gasteiger partial charge in [-0.25, -0.2) is 4.79 Å². The molecule has 0 spiro atoms. The van der Waals surface area contributed by atoms with Crippen LogP contribution in [0.25, 0.3) is 0 Å². The molecule has 5 nitrogen and oxygen atoms in total. The van der Waals surface area contributed by atoms with E-state index in [-0.39, 0.29) is 5.91 Å². The van der Waals surface area contributed by atoms with Gasteiger partial charge in [0.2, 0.25) is 5.91 Å². The van der Waals surface area contributed by atoms with Crippen molar-refractivity contribution in [2.24, 2.45) is 5.73 Å². The Balaban J connectivity index is 2.87. The third-order valence-corrected chi connectivity index (χ3v) is 2.35. The molecule has 0 aliphatic heterocycles. The van der Waals surface area contributed by atoms with E-state index in [0.29, 0.717) is 17.7 Å². The quantitative estimate of drug-likeness (QED) is 0.608. The number of carbonyl (C=O) groups excluding carboxylic acids is 2. The highest BCUT2D eigenvalue weighted by Gasteiger charge is 2.16. The van der Waals surface area contributed by atoms with Gasteiger partial charge in [0.25, 0.3) is 0 Å². The van der Waals surface area contributed by atoms with E-state index in [1.165, 1.54) is 7.11 Å². The van der Waals surface area contributed by atoms with Crippen molar-refractivity contribution in [2.75, 3.05) is 12.4 Å². The van der Waals surface area contributed by atoms with Crippen LogP contribution < -0.4 is 11.1 Å². The Morgan fingerprint density at radius 3 is 2.78 bits per heavy atom. The van der Waals surface area contributed by atoms with E-state index in [2.05, 4.69) is 16.6 Å². The van der Waals surface area contributed by atoms with Crippen LogP contribution in [-0.4, -0.2) is 25.0 Å². The molecule has 1 aromatic rings. The van der Waals surface area contributed by atoms with Gasteiger partial charge in [0.05, 0.1) is 24.4 Å². The van der Waals surface area contributed by atoms with Crippen LogP contribution in [-0.2, 0) is 9.53 Å². The summed E-state index contributed by atoms with van der Waals surface area (Å²) >= 11 is 0. The average molecular weight is 248 g/mol. The highest BCUT2D eigenvalue weighted by molar-refractivity contribution is 6.02. The fourth-order valence-corrected chi connectivity index (χ4v) is 1.39. The minimum absolute atomic E-state index is 0.291. The summed E-state index contributed by atoms with van der Waals surface area (Å²) in [7, 11) is 1.28. The number of esters is 1. The van der Waals surface area contributed by atoms with Crippen molar-refractivity contribution in [1.29, 1.82) is 0 Å². The molecular weight excluding hydrogens is 232 g/mol. The van der Waals surface area contributed by atoms with Crippen LogP contribution in [0.2, 0.25) is 0 Å². The van der Waals surface area contributed by atoms with Crippen molar-refractivity contribution in [3.05, 3.63) is 42.5 Å². The molecule has 0 aliphatic carbocycles. The van der Waals surface area contributed by atoms with Gasteiger partial charge in [-0.3, -0.25) is 4.79 Å². The summed E-state index contributed by atoms with van der Waals surface area (Å²) in [6.45, 7) is 3.52. The molecule has 0 radical (unpaired) electrons. The Hall–Kier alpha value is -2.14. The minimum Gasteiger partial charge on any atom is -0.465 e. The van der Waals surface area contributed by atoms with Gasteiger partial charge in [0.1, 0.15) is 0 Å². The lowest BCUT2D eigenvalue weighted by Crippen LogP contribution is -2.35. The van der Waals surface area contributed by atoms with Gasteiger partial charge in [-0.15, -0.1) is 6.58 Å². The largest absolute Gasteiger partial charge is 0.465 e. The van der Waals surface area contributed by atoms with Crippen molar-refractivity contribution in [1.82, 2.24) is 0 Å². The molecule has 0 aliphatic rings. The maximum atomic E-state index is 11.7. The minimum atomic E-state index is -0.687. The van der Waals surface area contributed by atoms with Crippen LogP contribution >= 0.6 is 0 Å². The summed E-state index contributed by atoms with van der Waals surface area (Å²) in [6, 6.07) is 5.89. The number of hydrogen-bond acceptors (Lipinski definition) is 4. The Labute approximate surface area is 106 Å². The molecule has 0 fully saturated rings. The van der Waals surface area contributed by atoms with Gasteiger partial charge in [0, 0.05) is 0 Å². The third kappa shape index (κ3) is 3.43. The zero-order valence-corrected chi connectivity index (χ0v) is 10.2. The smallest absolute Gasteiger partial charge is 0.339 e. The summed E-state index contributed by atoms with van der Waals surface area (Å²) in [5.41, 5.74) is 6.31. The number of amides is 1. The Kier molecular flexibility index (Phi) is 5.07. The monoisotopic (exact) mass is 248 g/mol. The van der Waals surface area contributed by atoms with Crippen molar-refractivity contribution in [3.63, 3.8) is 0 Å². The van der Waals surface area contributed by atoms with Gasteiger partial charge in [-0.1, -0.05) is 18.2 Å². The van der Waals surface area contributed by atoms with Crippen molar-refractivity contribution in [2.45, 2.75) is 12.5 Å². The number of anilines is 1. The number of nitrogens with one attached hydrogen (secondary N) is 1. The van der Waals surface area contributed by atoms with Gasteiger partial charge in [0.15, 0.2) is 0 Å². The molecule has 0 saturated heterocycles. The molecule has 1 unspecified atom stereocenters. The zero-order chi connectivity index (χ0) is 13.5. The number of carbonyl (C=O) groups is 2. The molecule has 18 heavy (non-hydrogen) atoms. The maximum Gasteiger partial charge on any atom is 0.339 e. The summed E-state index contributed by atoms with van der Waals surface area (Å²) in [6.07, 6.45) is 1.93. The van der Waals surface area contributed by atoms with Gasteiger partial charge >= 0.3 is 5.97 Å². The van der Waals surface area contributed by atoms with E-state index < -0.39 is 12.0 Å². The van der Waals surface area contributed by atoms with Gasteiger partial charge in [-0.05, 0) is 18.6 Å². The first-order chi connectivity index (χ1) is 8.60. The number of rotatable bonds is 5. The highest BCUT2D eigenvalue weighted by Crippen LogP contribution is 2.16. The van der Waals surface area contributed by atoms with E-state index in [4.69, 9.17) is 5.73 Å². The fraction of sp³-hybridized carbons (Fsp3) is 0.231. The van der Waals surface area contributed by atoms with Crippen molar-refractivity contribution in [3.8, 4) is 0 Å². The lowest BCUT2D eigenvalue weighted by Gasteiger charge is -2.12. The van der Waals surface area contributed by atoms with E-state index in [1.807, 2.05) is 0 Å². The van der Waals surface area contributed by atoms with Crippen LogP contribution in [0.15, 0.2) is 36.9 Å². The number of ether oxygens (including phenoxy) is 1. The molecule has 0 heterocycles. The van der Waals surface area contributed by atoms with E-state index >= 15 is 0 Å². The molecule has 0 saturated carbocycles. The van der Waals surface area contributed by atoms with E-state index in [9.17, 15) is 9.59 Å². The Morgan fingerprint density at radius 1 is 1.50 bits per heavy atom. The second kappa shape index (κ2) is 6.56. The summed E-state index contributed by atoms with van der Waals surface area (Å²) < 4.78 is 4.63. The predicted octanol–water partition coefficient (Wildman–Crippen LogP) is 1.32. The molecule has 5 heteroatoms. The third-order valence-electron chi connectivity index (χ3n) is 2.35. The first kappa shape index (κ1) is 13.9. The summed E-state index contributed by atoms with van der Waals surface area (Å²) in [4.78, 5) is 23.2. The normalized spacial score (nSPS) is 11.4. The fourth-order valence-electron chi connectivity index (χ4n) is 1.39. The number of methoxy groups -OCH3 is 1. The molecule has 0 aromatic heterocycles. The van der Waals surface area contributed by atoms with Crippen LogP contribution in [0, 0.1) is 0 Å². The molecule has 1 atom stereocenters. The maximum absolute atomic E-state index is 11.7. The van der Waals surface area contributed by atoms with Crippen LogP contribution in [0.3, 0.4) is 0 Å². The van der Waals surface area contributed by atoms with E-state index in [1.54, 1.807) is 30.3 Å². The van der Waals surface area contributed by atoms with Crippen molar-refractivity contribution < 1.29 is 14.3 Å². The number of benzene rings is 1. The number of hydrogen-bond donors (Lipinski definition) is 2. The highest BCUT2D eigenvalue weighted by atomic mass is 16.5. The molecular formula is C13H16N2O3. The second-order valence-corrected chi connectivity index (χ2v) is 3.66. The lowest BCUT2D eigenvalue weighted by atomic mass is 10.1. The van der Waals surface area contributed by atoms with Crippen LogP contribution in [0.4, 0.5) is 5.69 Å². The summed E-state index contributed by atoms with van der Waals surface area (Å²) in [5, 5.41) is 2.60. The average Bonchev–Trinajstić information content (AvgIpc) is 2.38. The molecule has 1 aromatic carbocycles.